The quantitative estimate of drug-likeness (QED) is 0.931. The Morgan fingerprint density at radius 1 is 1.39 bits per heavy atom. The monoisotopic (exact) mass is 312 g/mol. The van der Waals surface area contributed by atoms with Crippen LogP contribution in [0.2, 0.25) is 0 Å². The van der Waals surface area contributed by atoms with E-state index in [1.165, 1.54) is 0 Å². The molecule has 2 heterocycles. The summed E-state index contributed by atoms with van der Waals surface area (Å²) in [5, 5.41) is 26.8. The predicted octanol–water partition coefficient (Wildman–Crippen LogP) is 2.20. The lowest BCUT2D eigenvalue weighted by Gasteiger charge is -2.33. The first-order chi connectivity index (χ1) is 11.2. The number of aromatic nitrogens is 2. The van der Waals surface area contributed by atoms with Crippen LogP contribution in [0.15, 0.2) is 28.7 Å². The fourth-order valence-corrected chi connectivity index (χ4v) is 2.94. The highest BCUT2D eigenvalue weighted by Crippen LogP contribution is 2.23. The largest absolute Gasteiger partial charge is 0.419 e. The van der Waals surface area contributed by atoms with E-state index in [1.54, 1.807) is 24.3 Å². The molecule has 1 aromatic carbocycles. The van der Waals surface area contributed by atoms with Gasteiger partial charge in [0.1, 0.15) is 0 Å². The predicted molar refractivity (Wildman–Crippen MR) is 84.1 cm³/mol. The third-order valence-electron chi connectivity index (χ3n) is 4.31. The van der Waals surface area contributed by atoms with Gasteiger partial charge in [0.25, 0.3) is 0 Å². The number of likely N-dealkylation sites (tertiary alicyclic amines) is 1. The zero-order chi connectivity index (χ0) is 16.2. The molecule has 1 N–H and O–H groups in total. The Kier molecular flexibility index (Phi) is 4.70. The van der Waals surface area contributed by atoms with Crippen molar-refractivity contribution in [3.63, 3.8) is 0 Å². The summed E-state index contributed by atoms with van der Waals surface area (Å²) in [6.45, 7) is 4.29. The van der Waals surface area contributed by atoms with Crippen LogP contribution in [-0.2, 0) is 6.54 Å². The second kappa shape index (κ2) is 6.90. The summed E-state index contributed by atoms with van der Waals surface area (Å²) in [7, 11) is 0. The smallest absolute Gasteiger partial charge is 0.247 e. The standard InChI is InChI=1S/C17H20N4O2/c1-12(22)15-3-2-8-21(10-15)11-16-19-20-17(23-16)14-6-4-13(9-18)5-7-14/h4-7,12,15,22H,2-3,8,10-11H2,1H3. The highest BCUT2D eigenvalue weighted by Gasteiger charge is 2.24. The van der Waals surface area contributed by atoms with Gasteiger partial charge in [-0.05, 0) is 56.5 Å². The lowest BCUT2D eigenvalue weighted by Crippen LogP contribution is -2.39. The first-order valence-electron chi connectivity index (χ1n) is 7.89. The van der Waals surface area contributed by atoms with Crippen molar-refractivity contribution in [3.8, 4) is 17.5 Å². The van der Waals surface area contributed by atoms with E-state index < -0.39 is 0 Å². The van der Waals surface area contributed by atoms with Crippen LogP contribution in [0.4, 0.5) is 0 Å². The molecular formula is C17H20N4O2. The minimum atomic E-state index is -0.283. The molecular weight excluding hydrogens is 292 g/mol. The SMILES string of the molecule is CC(O)C1CCCN(Cc2nnc(-c3ccc(C#N)cc3)o2)C1. The molecule has 1 aliphatic heterocycles. The maximum Gasteiger partial charge on any atom is 0.247 e. The molecule has 3 rings (SSSR count). The van der Waals surface area contributed by atoms with Crippen LogP contribution >= 0.6 is 0 Å². The Balaban J connectivity index is 1.66. The van der Waals surface area contributed by atoms with E-state index in [9.17, 15) is 5.11 Å². The summed E-state index contributed by atoms with van der Waals surface area (Å²) in [6, 6.07) is 9.16. The first-order valence-corrected chi connectivity index (χ1v) is 7.89. The molecule has 2 aromatic rings. The Bertz CT molecular complexity index is 687. The fraction of sp³-hybridized carbons (Fsp3) is 0.471. The molecule has 0 saturated carbocycles. The molecule has 120 valence electrons. The van der Waals surface area contributed by atoms with Crippen molar-refractivity contribution >= 4 is 0 Å². The number of rotatable bonds is 4. The minimum absolute atomic E-state index is 0.283. The molecule has 0 bridgehead atoms. The van der Waals surface area contributed by atoms with Crippen molar-refractivity contribution in [2.24, 2.45) is 5.92 Å². The van der Waals surface area contributed by atoms with Crippen LogP contribution < -0.4 is 0 Å². The zero-order valence-corrected chi connectivity index (χ0v) is 13.1. The van der Waals surface area contributed by atoms with Crippen molar-refractivity contribution in [2.45, 2.75) is 32.4 Å². The van der Waals surface area contributed by atoms with E-state index in [1.807, 2.05) is 6.92 Å². The van der Waals surface area contributed by atoms with Crippen molar-refractivity contribution in [1.29, 1.82) is 5.26 Å². The summed E-state index contributed by atoms with van der Waals surface area (Å²) in [5.41, 5.74) is 1.41. The Labute approximate surface area is 135 Å². The van der Waals surface area contributed by atoms with E-state index >= 15 is 0 Å². The fourth-order valence-electron chi connectivity index (χ4n) is 2.94. The van der Waals surface area contributed by atoms with Crippen LogP contribution in [0.5, 0.6) is 0 Å². The molecule has 2 atom stereocenters. The average molecular weight is 312 g/mol. The van der Waals surface area contributed by atoms with Gasteiger partial charge in [0.2, 0.25) is 11.8 Å². The number of hydrogen-bond donors (Lipinski definition) is 1. The molecule has 23 heavy (non-hydrogen) atoms. The third kappa shape index (κ3) is 3.76. The number of piperidine rings is 1. The van der Waals surface area contributed by atoms with Gasteiger partial charge in [-0.15, -0.1) is 10.2 Å². The zero-order valence-electron chi connectivity index (χ0n) is 13.1. The molecule has 1 saturated heterocycles. The number of aliphatic hydroxyl groups excluding tert-OH is 1. The minimum Gasteiger partial charge on any atom is -0.419 e. The first kappa shape index (κ1) is 15.7. The third-order valence-corrected chi connectivity index (χ3v) is 4.31. The number of nitrogens with zero attached hydrogens (tertiary/aromatic N) is 4. The van der Waals surface area contributed by atoms with Gasteiger partial charge in [-0.1, -0.05) is 0 Å². The molecule has 6 heteroatoms. The molecule has 1 aromatic heterocycles. The van der Waals surface area contributed by atoms with Crippen LogP contribution in [0.25, 0.3) is 11.5 Å². The van der Waals surface area contributed by atoms with Crippen molar-refractivity contribution < 1.29 is 9.52 Å². The number of hydrogen-bond acceptors (Lipinski definition) is 6. The van der Waals surface area contributed by atoms with Gasteiger partial charge in [-0.3, -0.25) is 4.90 Å². The van der Waals surface area contributed by atoms with Crippen molar-refractivity contribution in [3.05, 3.63) is 35.7 Å². The molecule has 0 aliphatic carbocycles. The molecule has 1 aliphatic rings. The molecule has 6 nitrogen and oxygen atoms in total. The lowest BCUT2D eigenvalue weighted by molar-refractivity contribution is 0.0566. The number of aliphatic hydroxyl groups is 1. The van der Waals surface area contributed by atoms with Crippen molar-refractivity contribution in [1.82, 2.24) is 15.1 Å². The summed E-state index contributed by atoms with van der Waals surface area (Å²) >= 11 is 0. The second-order valence-corrected chi connectivity index (χ2v) is 6.07. The molecule has 1 fully saturated rings. The van der Waals surface area contributed by atoms with Crippen LogP contribution in [0, 0.1) is 17.2 Å². The van der Waals surface area contributed by atoms with Gasteiger partial charge in [0, 0.05) is 12.1 Å². The van der Waals surface area contributed by atoms with Gasteiger partial charge in [0.05, 0.1) is 24.3 Å². The number of benzene rings is 1. The number of nitriles is 1. The normalized spacial score (nSPS) is 20.1. The van der Waals surface area contributed by atoms with Gasteiger partial charge in [-0.2, -0.15) is 5.26 Å². The van der Waals surface area contributed by atoms with Gasteiger partial charge >= 0.3 is 0 Å². The van der Waals surface area contributed by atoms with E-state index in [-0.39, 0.29) is 6.10 Å². The van der Waals surface area contributed by atoms with Crippen LogP contribution in [0.3, 0.4) is 0 Å². The van der Waals surface area contributed by atoms with Crippen LogP contribution in [0.1, 0.15) is 31.2 Å². The maximum absolute atomic E-state index is 9.76. The van der Waals surface area contributed by atoms with Gasteiger partial charge in [-0.25, -0.2) is 0 Å². The molecule has 0 radical (unpaired) electrons. The average Bonchev–Trinajstić information content (AvgIpc) is 3.03. The molecule has 0 spiro atoms. The van der Waals surface area contributed by atoms with Gasteiger partial charge in [0.15, 0.2) is 0 Å². The summed E-state index contributed by atoms with van der Waals surface area (Å²) < 4.78 is 5.73. The maximum atomic E-state index is 9.76. The Hall–Kier alpha value is -2.23. The molecule has 2 unspecified atom stereocenters. The van der Waals surface area contributed by atoms with E-state index in [2.05, 4.69) is 21.2 Å². The Morgan fingerprint density at radius 2 is 2.17 bits per heavy atom. The summed E-state index contributed by atoms with van der Waals surface area (Å²) in [6.07, 6.45) is 1.86. The lowest BCUT2D eigenvalue weighted by atomic mass is 9.93. The van der Waals surface area contributed by atoms with E-state index in [4.69, 9.17) is 9.68 Å². The second-order valence-electron chi connectivity index (χ2n) is 6.07. The van der Waals surface area contributed by atoms with Gasteiger partial charge < -0.3 is 9.52 Å². The highest BCUT2D eigenvalue weighted by atomic mass is 16.4. The molecule has 0 amide bonds. The van der Waals surface area contributed by atoms with Crippen LogP contribution in [-0.4, -0.2) is 39.4 Å². The van der Waals surface area contributed by atoms with Crippen molar-refractivity contribution in [2.75, 3.05) is 13.1 Å². The summed E-state index contributed by atoms with van der Waals surface area (Å²) in [4.78, 5) is 2.25. The highest BCUT2D eigenvalue weighted by molar-refractivity contribution is 5.54. The Morgan fingerprint density at radius 3 is 2.87 bits per heavy atom. The van der Waals surface area contributed by atoms with E-state index in [0.29, 0.717) is 29.8 Å². The topological polar surface area (TPSA) is 86.2 Å². The summed E-state index contributed by atoms with van der Waals surface area (Å²) in [5.74, 6) is 1.36. The van der Waals surface area contributed by atoms with E-state index in [0.717, 1.165) is 31.5 Å².